The maximum Gasteiger partial charge on any atom is 0.162 e. The van der Waals surface area contributed by atoms with Crippen molar-refractivity contribution in [1.29, 1.82) is 0 Å². The van der Waals surface area contributed by atoms with Crippen LogP contribution in [0.5, 0.6) is 0 Å². The first-order chi connectivity index (χ1) is 6.65. The van der Waals surface area contributed by atoms with Gasteiger partial charge >= 0.3 is 0 Å². The fourth-order valence-corrected chi connectivity index (χ4v) is 1.11. The van der Waals surface area contributed by atoms with Crippen molar-refractivity contribution < 1.29 is 13.9 Å². The molecule has 1 aromatic carbocycles. The van der Waals surface area contributed by atoms with Crippen molar-refractivity contribution in [3.05, 3.63) is 41.8 Å². The molecule has 0 saturated heterocycles. The van der Waals surface area contributed by atoms with Crippen molar-refractivity contribution in [2.75, 3.05) is 0 Å². The van der Waals surface area contributed by atoms with Crippen molar-refractivity contribution in [3.63, 3.8) is 0 Å². The monoisotopic (exact) mass is 199 g/mol. The van der Waals surface area contributed by atoms with Gasteiger partial charge in [-0.15, -0.1) is 0 Å². The third kappa shape index (κ3) is 2.77. The Bertz CT molecular complexity index is 299. The van der Waals surface area contributed by atoms with Crippen molar-refractivity contribution >= 4 is 0 Å². The van der Waals surface area contributed by atoms with E-state index in [1.807, 2.05) is 6.92 Å². The number of benzene rings is 1. The number of aliphatic hydroxyl groups excluding tert-OH is 1. The second-order valence-corrected chi connectivity index (χ2v) is 3.14. The highest BCUT2D eigenvalue weighted by atomic mass is 19.2. The molecular weight excluding hydrogens is 186 g/mol. The first kappa shape index (κ1) is 11.1. The van der Waals surface area contributed by atoms with E-state index in [2.05, 4.69) is 0 Å². The lowest BCUT2D eigenvalue weighted by Crippen LogP contribution is -2.05. The van der Waals surface area contributed by atoms with E-state index in [-0.39, 0.29) is 5.56 Å². The molecule has 0 aliphatic carbocycles. The lowest BCUT2D eigenvalue weighted by Gasteiger charge is -2.07. The molecule has 0 saturated carbocycles. The summed E-state index contributed by atoms with van der Waals surface area (Å²) in [5.74, 6) is -1.71. The van der Waals surface area contributed by atoms with E-state index < -0.39 is 17.7 Å². The van der Waals surface area contributed by atoms with Gasteiger partial charge in [0.05, 0.1) is 6.10 Å². The molecule has 0 aromatic heterocycles. The SMILES string of the molecule is CCC(O)C[CH]c1cccc(F)c1F. The summed E-state index contributed by atoms with van der Waals surface area (Å²) >= 11 is 0. The van der Waals surface area contributed by atoms with Crippen LogP contribution in [-0.2, 0) is 0 Å². The molecule has 0 heterocycles. The summed E-state index contributed by atoms with van der Waals surface area (Å²) in [5.41, 5.74) is 0.206. The Morgan fingerprint density at radius 3 is 2.79 bits per heavy atom. The molecule has 0 spiro atoms. The first-order valence-electron chi connectivity index (χ1n) is 4.60. The van der Waals surface area contributed by atoms with Crippen LogP contribution in [0, 0.1) is 18.1 Å². The smallest absolute Gasteiger partial charge is 0.162 e. The summed E-state index contributed by atoms with van der Waals surface area (Å²) in [4.78, 5) is 0. The zero-order valence-electron chi connectivity index (χ0n) is 8.00. The zero-order chi connectivity index (χ0) is 10.6. The van der Waals surface area contributed by atoms with Crippen LogP contribution in [0.25, 0.3) is 0 Å². The normalized spacial score (nSPS) is 12.9. The third-order valence-corrected chi connectivity index (χ3v) is 2.06. The quantitative estimate of drug-likeness (QED) is 0.790. The number of halogens is 2. The number of aliphatic hydroxyl groups is 1. The molecule has 1 rings (SSSR count). The minimum absolute atomic E-state index is 0.206. The van der Waals surface area contributed by atoms with Crippen molar-refractivity contribution in [3.8, 4) is 0 Å². The summed E-state index contributed by atoms with van der Waals surface area (Å²) in [5, 5.41) is 9.23. The topological polar surface area (TPSA) is 20.2 Å². The van der Waals surface area contributed by atoms with Crippen LogP contribution in [0.3, 0.4) is 0 Å². The number of rotatable bonds is 4. The molecule has 0 amide bonds. The van der Waals surface area contributed by atoms with Crippen molar-refractivity contribution in [2.45, 2.75) is 25.9 Å². The predicted molar refractivity (Wildman–Crippen MR) is 50.7 cm³/mol. The predicted octanol–water partition coefficient (Wildman–Crippen LogP) is 2.68. The summed E-state index contributed by atoms with van der Waals surface area (Å²) in [6.07, 6.45) is 1.97. The molecule has 14 heavy (non-hydrogen) atoms. The largest absolute Gasteiger partial charge is 0.393 e. The van der Waals surface area contributed by atoms with E-state index in [4.69, 9.17) is 0 Å². The van der Waals surface area contributed by atoms with Gasteiger partial charge < -0.3 is 5.11 Å². The van der Waals surface area contributed by atoms with Crippen LogP contribution in [0.4, 0.5) is 8.78 Å². The Balaban J connectivity index is 2.63. The van der Waals surface area contributed by atoms with Gasteiger partial charge in [-0.2, -0.15) is 0 Å². The van der Waals surface area contributed by atoms with Crippen LogP contribution >= 0.6 is 0 Å². The Hall–Kier alpha value is -0.960. The average Bonchev–Trinajstić information content (AvgIpc) is 2.20. The van der Waals surface area contributed by atoms with Crippen molar-refractivity contribution in [1.82, 2.24) is 0 Å². The summed E-state index contributed by atoms with van der Waals surface area (Å²) < 4.78 is 25.8. The highest BCUT2D eigenvalue weighted by Crippen LogP contribution is 2.16. The third-order valence-electron chi connectivity index (χ3n) is 2.06. The summed E-state index contributed by atoms with van der Waals surface area (Å²) in [7, 11) is 0. The fraction of sp³-hybridized carbons (Fsp3) is 0.364. The van der Waals surface area contributed by atoms with Gasteiger partial charge in [0.2, 0.25) is 0 Å². The molecule has 1 N–H and O–H groups in total. The molecule has 0 bridgehead atoms. The van der Waals surface area contributed by atoms with Crippen LogP contribution < -0.4 is 0 Å². The van der Waals surface area contributed by atoms with Gasteiger partial charge in [-0.1, -0.05) is 19.1 Å². The van der Waals surface area contributed by atoms with E-state index in [9.17, 15) is 13.9 Å². The minimum atomic E-state index is -0.857. The van der Waals surface area contributed by atoms with E-state index in [0.717, 1.165) is 6.07 Å². The van der Waals surface area contributed by atoms with E-state index in [1.165, 1.54) is 18.6 Å². The van der Waals surface area contributed by atoms with Gasteiger partial charge in [0.15, 0.2) is 11.6 Å². The van der Waals surface area contributed by atoms with Gasteiger partial charge in [0.25, 0.3) is 0 Å². The first-order valence-corrected chi connectivity index (χ1v) is 4.60. The molecule has 77 valence electrons. The lowest BCUT2D eigenvalue weighted by molar-refractivity contribution is 0.170. The maximum absolute atomic E-state index is 13.1. The molecule has 0 aliphatic rings. The van der Waals surface area contributed by atoms with E-state index >= 15 is 0 Å². The number of hydrogen-bond donors (Lipinski definition) is 1. The molecule has 0 aliphatic heterocycles. The highest BCUT2D eigenvalue weighted by molar-refractivity contribution is 5.25. The lowest BCUT2D eigenvalue weighted by atomic mass is 10.0. The van der Waals surface area contributed by atoms with Gasteiger partial charge in [-0.05, 0) is 30.9 Å². The minimum Gasteiger partial charge on any atom is -0.393 e. The van der Waals surface area contributed by atoms with Crippen LogP contribution in [-0.4, -0.2) is 11.2 Å². The maximum atomic E-state index is 13.1. The van der Waals surface area contributed by atoms with E-state index in [1.54, 1.807) is 0 Å². The molecule has 1 atom stereocenters. The highest BCUT2D eigenvalue weighted by Gasteiger charge is 2.09. The molecule has 0 fully saturated rings. The second-order valence-electron chi connectivity index (χ2n) is 3.14. The van der Waals surface area contributed by atoms with Gasteiger partial charge in [0.1, 0.15) is 0 Å². The molecule has 1 aromatic rings. The Labute approximate surface area is 82.4 Å². The van der Waals surface area contributed by atoms with E-state index in [0.29, 0.717) is 12.8 Å². The molecule has 3 heteroatoms. The van der Waals surface area contributed by atoms with Gasteiger partial charge in [-0.25, -0.2) is 8.78 Å². The molecule has 1 radical (unpaired) electrons. The van der Waals surface area contributed by atoms with Gasteiger partial charge in [0, 0.05) is 0 Å². The zero-order valence-corrected chi connectivity index (χ0v) is 8.00. The Morgan fingerprint density at radius 1 is 1.43 bits per heavy atom. The van der Waals surface area contributed by atoms with Gasteiger partial charge in [-0.3, -0.25) is 0 Å². The Kier molecular flexibility index (Phi) is 4.01. The molecule has 1 nitrogen and oxygen atoms in total. The molecular formula is C11H13F2O. The van der Waals surface area contributed by atoms with Crippen LogP contribution in [0.1, 0.15) is 25.3 Å². The number of hydrogen-bond acceptors (Lipinski definition) is 1. The summed E-state index contributed by atoms with van der Waals surface area (Å²) in [6.45, 7) is 1.83. The van der Waals surface area contributed by atoms with Crippen LogP contribution in [0.2, 0.25) is 0 Å². The second kappa shape index (κ2) is 5.05. The standard InChI is InChI=1S/C11H13F2O/c1-2-9(14)7-6-8-4-3-5-10(12)11(8)13/h3-6,9,14H,2,7H2,1H3. The van der Waals surface area contributed by atoms with Crippen molar-refractivity contribution in [2.24, 2.45) is 0 Å². The Morgan fingerprint density at radius 2 is 2.14 bits per heavy atom. The fourth-order valence-electron chi connectivity index (χ4n) is 1.11. The molecule has 1 unspecified atom stereocenters. The summed E-state index contributed by atoms with van der Waals surface area (Å²) in [6, 6.07) is 4.01. The van der Waals surface area contributed by atoms with Crippen LogP contribution in [0.15, 0.2) is 18.2 Å². The average molecular weight is 199 g/mol.